The third-order valence-corrected chi connectivity index (χ3v) is 6.66. The number of halogens is 1. The van der Waals surface area contributed by atoms with Crippen molar-refractivity contribution < 1.29 is 19.1 Å². The number of carbonyl (C=O) groups excluding carboxylic acids is 2. The van der Waals surface area contributed by atoms with Gasteiger partial charge in [-0.15, -0.1) is 0 Å². The Morgan fingerprint density at radius 3 is 2.63 bits per heavy atom. The lowest BCUT2D eigenvalue weighted by Gasteiger charge is -2.14. The zero-order valence-electron chi connectivity index (χ0n) is 18.9. The second-order valence-corrected chi connectivity index (χ2v) is 9.70. The van der Waals surface area contributed by atoms with Gasteiger partial charge in [0.15, 0.2) is 10.9 Å². The Balaban J connectivity index is 1.42. The molecule has 0 bridgehead atoms. The van der Waals surface area contributed by atoms with E-state index in [0.717, 1.165) is 11.1 Å². The largest absolute Gasteiger partial charge is 0.497 e. The predicted molar refractivity (Wildman–Crippen MR) is 145 cm³/mol. The fourth-order valence-corrected chi connectivity index (χ4v) is 4.80. The summed E-state index contributed by atoms with van der Waals surface area (Å²) in [6, 6.07) is 19.6. The molecule has 0 atom stereocenters. The number of thiocarbonyl (C=S) groups is 1. The van der Waals surface area contributed by atoms with Crippen molar-refractivity contribution in [1.29, 1.82) is 0 Å². The highest BCUT2D eigenvalue weighted by Crippen LogP contribution is 2.36. The SMILES string of the molecule is COc1ccc(N2C(=O)/C(=C/c3cccc(OCC(=O)Nc4cc(Cl)ccc4C)c3)SC2=S)cc1. The Labute approximate surface area is 217 Å². The molecule has 0 aromatic heterocycles. The van der Waals surface area contributed by atoms with E-state index in [1.54, 1.807) is 67.8 Å². The van der Waals surface area contributed by atoms with Crippen LogP contribution in [0.25, 0.3) is 6.08 Å². The van der Waals surface area contributed by atoms with Crippen LogP contribution in [0.1, 0.15) is 11.1 Å². The molecular weight excluding hydrogens is 504 g/mol. The van der Waals surface area contributed by atoms with Crippen molar-refractivity contribution in [2.45, 2.75) is 6.92 Å². The third-order valence-electron chi connectivity index (χ3n) is 5.12. The third kappa shape index (κ3) is 6.03. The molecule has 1 N–H and O–H groups in total. The quantitative estimate of drug-likeness (QED) is 0.298. The first-order chi connectivity index (χ1) is 16.8. The Kier molecular flexibility index (Phi) is 7.75. The van der Waals surface area contributed by atoms with Gasteiger partial charge in [0, 0.05) is 10.7 Å². The fraction of sp³-hybridized carbons (Fsp3) is 0.115. The van der Waals surface area contributed by atoms with Crippen molar-refractivity contribution in [1.82, 2.24) is 0 Å². The van der Waals surface area contributed by atoms with Crippen LogP contribution < -0.4 is 19.7 Å². The average Bonchev–Trinajstić information content (AvgIpc) is 3.13. The lowest BCUT2D eigenvalue weighted by Crippen LogP contribution is -2.27. The summed E-state index contributed by atoms with van der Waals surface area (Å²) in [4.78, 5) is 27.4. The van der Waals surface area contributed by atoms with Gasteiger partial charge >= 0.3 is 0 Å². The van der Waals surface area contributed by atoms with Gasteiger partial charge in [0.05, 0.1) is 17.7 Å². The summed E-state index contributed by atoms with van der Waals surface area (Å²) in [7, 11) is 1.59. The summed E-state index contributed by atoms with van der Waals surface area (Å²) < 4.78 is 11.3. The highest BCUT2D eigenvalue weighted by Gasteiger charge is 2.33. The molecule has 0 saturated carbocycles. The smallest absolute Gasteiger partial charge is 0.270 e. The van der Waals surface area contributed by atoms with E-state index < -0.39 is 0 Å². The number of carbonyl (C=O) groups is 2. The number of methoxy groups -OCH3 is 1. The molecule has 6 nitrogen and oxygen atoms in total. The number of hydrogen-bond acceptors (Lipinski definition) is 6. The van der Waals surface area contributed by atoms with Gasteiger partial charge < -0.3 is 14.8 Å². The Morgan fingerprint density at radius 1 is 1.11 bits per heavy atom. The van der Waals surface area contributed by atoms with Gasteiger partial charge in [-0.3, -0.25) is 14.5 Å². The van der Waals surface area contributed by atoms with Crippen molar-refractivity contribution in [3.05, 3.63) is 87.8 Å². The second kappa shape index (κ2) is 10.9. The number of nitrogens with one attached hydrogen (secondary N) is 1. The Morgan fingerprint density at radius 2 is 1.89 bits per heavy atom. The molecule has 0 radical (unpaired) electrons. The van der Waals surface area contributed by atoms with E-state index in [1.165, 1.54) is 16.7 Å². The molecule has 9 heteroatoms. The van der Waals surface area contributed by atoms with Crippen molar-refractivity contribution in [2.75, 3.05) is 23.9 Å². The number of aryl methyl sites for hydroxylation is 1. The molecule has 1 saturated heterocycles. The number of ether oxygens (including phenoxy) is 2. The summed E-state index contributed by atoms with van der Waals surface area (Å²) in [5.41, 5.74) is 2.97. The average molecular weight is 525 g/mol. The molecule has 1 aliphatic rings. The van der Waals surface area contributed by atoms with E-state index >= 15 is 0 Å². The molecule has 0 unspecified atom stereocenters. The lowest BCUT2D eigenvalue weighted by molar-refractivity contribution is -0.118. The molecule has 178 valence electrons. The predicted octanol–water partition coefficient (Wildman–Crippen LogP) is 6.08. The van der Waals surface area contributed by atoms with Crippen LogP contribution in [0.15, 0.2) is 71.6 Å². The molecule has 35 heavy (non-hydrogen) atoms. The normalized spacial score (nSPS) is 14.4. The van der Waals surface area contributed by atoms with Crippen LogP contribution in [0.2, 0.25) is 5.02 Å². The second-order valence-electron chi connectivity index (χ2n) is 7.58. The molecule has 1 heterocycles. The Bertz CT molecular complexity index is 1330. The number of rotatable bonds is 7. The molecule has 4 rings (SSSR count). The Hall–Kier alpha value is -3.33. The van der Waals surface area contributed by atoms with Crippen molar-refractivity contribution in [3.63, 3.8) is 0 Å². The molecule has 2 amide bonds. The van der Waals surface area contributed by atoms with E-state index in [0.29, 0.717) is 37.1 Å². The van der Waals surface area contributed by atoms with E-state index in [2.05, 4.69) is 5.32 Å². The molecule has 0 aliphatic carbocycles. The molecule has 1 fully saturated rings. The first kappa shape index (κ1) is 24.8. The van der Waals surface area contributed by atoms with Crippen LogP contribution in [0.3, 0.4) is 0 Å². The first-order valence-corrected chi connectivity index (χ1v) is 12.1. The van der Waals surface area contributed by atoms with Crippen molar-refractivity contribution in [2.24, 2.45) is 0 Å². The van der Waals surface area contributed by atoms with Gasteiger partial charge in [-0.2, -0.15) is 0 Å². The maximum atomic E-state index is 13.0. The minimum Gasteiger partial charge on any atom is -0.497 e. The van der Waals surface area contributed by atoms with Gasteiger partial charge in [0.1, 0.15) is 11.5 Å². The highest BCUT2D eigenvalue weighted by atomic mass is 35.5. The molecule has 0 spiro atoms. The summed E-state index contributed by atoms with van der Waals surface area (Å²) in [5, 5.41) is 3.34. The fourth-order valence-electron chi connectivity index (χ4n) is 3.33. The first-order valence-electron chi connectivity index (χ1n) is 10.5. The van der Waals surface area contributed by atoms with Crippen LogP contribution in [0, 0.1) is 6.92 Å². The number of thioether (sulfide) groups is 1. The minimum absolute atomic E-state index is 0.172. The van der Waals surface area contributed by atoms with Crippen molar-refractivity contribution >= 4 is 69.2 Å². The number of anilines is 2. The van der Waals surface area contributed by atoms with Gasteiger partial charge in [-0.1, -0.05) is 53.8 Å². The van der Waals surface area contributed by atoms with Crippen LogP contribution in [-0.2, 0) is 9.59 Å². The van der Waals surface area contributed by atoms with E-state index in [-0.39, 0.29) is 18.4 Å². The van der Waals surface area contributed by atoms with Gasteiger partial charge in [-0.25, -0.2) is 0 Å². The van der Waals surface area contributed by atoms with Crippen LogP contribution in [0.4, 0.5) is 11.4 Å². The highest BCUT2D eigenvalue weighted by molar-refractivity contribution is 8.27. The summed E-state index contributed by atoms with van der Waals surface area (Å²) in [6.45, 7) is 1.71. The van der Waals surface area contributed by atoms with Crippen LogP contribution in [0.5, 0.6) is 11.5 Å². The van der Waals surface area contributed by atoms with E-state index in [9.17, 15) is 9.59 Å². The van der Waals surface area contributed by atoms with Gasteiger partial charge in [-0.05, 0) is 72.7 Å². The molecule has 3 aromatic rings. The number of nitrogens with zero attached hydrogens (tertiary/aromatic N) is 1. The van der Waals surface area contributed by atoms with Crippen LogP contribution in [-0.4, -0.2) is 29.9 Å². The minimum atomic E-state index is -0.305. The molecule has 1 aliphatic heterocycles. The van der Waals surface area contributed by atoms with Crippen molar-refractivity contribution in [3.8, 4) is 11.5 Å². The maximum absolute atomic E-state index is 13.0. The monoisotopic (exact) mass is 524 g/mol. The van der Waals surface area contributed by atoms with E-state index in [1.807, 2.05) is 19.1 Å². The van der Waals surface area contributed by atoms with Crippen LogP contribution >= 0.6 is 35.6 Å². The number of benzene rings is 3. The zero-order valence-corrected chi connectivity index (χ0v) is 21.3. The number of amides is 2. The standard InChI is InChI=1S/C26H21ClN2O4S2/c1-16-6-7-18(27)14-22(16)28-24(30)15-33-21-5-3-4-17(12-21)13-23-25(31)29(26(34)35-23)19-8-10-20(32-2)11-9-19/h3-14H,15H2,1-2H3,(H,28,30)/b23-13-. The van der Waals surface area contributed by atoms with E-state index in [4.69, 9.17) is 33.3 Å². The summed E-state index contributed by atoms with van der Waals surface area (Å²) in [6.07, 6.45) is 1.76. The lowest BCUT2D eigenvalue weighted by atomic mass is 10.2. The van der Waals surface area contributed by atoms with Gasteiger partial charge in [0.25, 0.3) is 11.8 Å². The number of hydrogen-bond donors (Lipinski definition) is 1. The van der Waals surface area contributed by atoms with Gasteiger partial charge in [0.2, 0.25) is 0 Å². The maximum Gasteiger partial charge on any atom is 0.270 e. The summed E-state index contributed by atoms with van der Waals surface area (Å²) >= 11 is 12.7. The topological polar surface area (TPSA) is 67.9 Å². The zero-order chi connectivity index (χ0) is 24.9. The summed E-state index contributed by atoms with van der Waals surface area (Å²) in [5.74, 6) is 0.694. The molecule has 3 aromatic carbocycles. The molecular formula is C26H21ClN2O4S2.